The highest BCUT2D eigenvalue weighted by Gasteiger charge is 2.13. The number of ether oxygens (including phenoxy) is 1. The predicted octanol–water partition coefficient (Wildman–Crippen LogP) is 3.02. The van der Waals surface area contributed by atoms with Crippen molar-refractivity contribution < 1.29 is 17.9 Å². The van der Waals surface area contributed by atoms with Crippen LogP contribution in [0.2, 0.25) is 0 Å². The number of hydrogen-bond donors (Lipinski definition) is 1. The standard InChI is InChI=1S/C15H9F3N2O2/c1-22-7-2-3-8(10(16)4-7)14-19-13-6-12(18)11(17)5-9(13)15(21)20-14/h2-6H,1H3,(H,19,20,21). The lowest BCUT2D eigenvalue weighted by molar-refractivity contribution is 0.411. The van der Waals surface area contributed by atoms with Gasteiger partial charge < -0.3 is 9.72 Å². The molecule has 0 unspecified atom stereocenters. The monoisotopic (exact) mass is 306 g/mol. The smallest absolute Gasteiger partial charge is 0.259 e. The summed E-state index contributed by atoms with van der Waals surface area (Å²) in [5.74, 6) is -2.72. The molecule has 3 aromatic rings. The molecular formula is C15H9F3N2O2. The van der Waals surface area contributed by atoms with E-state index in [2.05, 4.69) is 9.97 Å². The Hall–Kier alpha value is -2.83. The van der Waals surface area contributed by atoms with Crippen LogP contribution in [0.5, 0.6) is 5.75 Å². The highest BCUT2D eigenvalue weighted by molar-refractivity contribution is 5.79. The van der Waals surface area contributed by atoms with Crippen molar-refractivity contribution in [1.29, 1.82) is 0 Å². The lowest BCUT2D eigenvalue weighted by atomic mass is 10.1. The van der Waals surface area contributed by atoms with Gasteiger partial charge in [-0.3, -0.25) is 4.79 Å². The molecule has 0 aliphatic heterocycles. The van der Waals surface area contributed by atoms with Gasteiger partial charge >= 0.3 is 0 Å². The number of methoxy groups -OCH3 is 1. The third-order valence-corrected chi connectivity index (χ3v) is 3.18. The molecule has 0 atom stereocenters. The zero-order chi connectivity index (χ0) is 15.9. The van der Waals surface area contributed by atoms with Gasteiger partial charge in [-0.25, -0.2) is 18.2 Å². The number of H-pyrrole nitrogens is 1. The molecule has 3 rings (SSSR count). The number of rotatable bonds is 2. The second kappa shape index (κ2) is 5.18. The first-order valence-electron chi connectivity index (χ1n) is 6.22. The van der Waals surface area contributed by atoms with E-state index in [9.17, 15) is 18.0 Å². The molecule has 112 valence electrons. The molecule has 1 aromatic heterocycles. The summed E-state index contributed by atoms with van der Waals surface area (Å²) >= 11 is 0. The molecule has 0 bridgehead atoms. The number of halogens is 3. The van der Waals surface area contributed by atoms with Gasteiger partial charge in [0.1, 0.15) is 17.4 Å². The first-order valence-corrected chi connectivity index (χ1v) is 6.22. The van der Waals surface area contributed by atoms with Gasteiger partial charge in [-0.1, -0.05) is 0 Å². The number of fused-ring (bicyclic) bond motifs is 1. The van der Waals surface area contributed by atoms with Crippen LogP contribution in [0.25, 0.3) is 22.3 Å². The Morgan fingerprint density at radius 3 is 2.45 bits per heavy atom. The summed E-state index contributed by atoms with van der Waals surface area (Å²) in [6.07, 6.45) is 0. The Labute approximate surface area is 122 Å². The Balaban J connectivity index is 2.24. The Bertz CT molecular complexity index is 938. The second-order valence-electron chi connectivity index (χ2n) is 4.54. The molecule has 0 amide bonds. The average molecular weight is 306 g/mol. The first-order chi connectivity index (χ1) is 10.5. The highest BCUT2D eigenvalue weighted by atomic mass is 19.2. The summed E-state index contributed by atoms with van der Waals surface area (Å²) in [5, 5.41) is -0.114. The normalized spacial score (nSPS) is 10.9. The van der Waals surface area contributed by atoms with Gasteiger partial charge in [0.15, 0.2) is 11.6 Å². The number of aromatic nitrogens is 2. The van der Waals surface area contributed by atoms with Crippen LogP contribution in [0.1, 0.15) is 0 Å². The highest BCUT2D eigenvalue weighted by Crippen LogP contribution is 2.24. The SMILES string of the molecule is COc1ccc(-c2nc3cc(F)c(F)cc3c(=O)[nH]2)c(F)c1. The Kier molecular flexibility index (Phi) is 3.32. The predicted molar refractivity (Wildman–Crippen MR) is 74.2 cm³/mol. The van der Waals surface area contributed by atoms with Gasteiger partial charge in [-0.05, 0) is 18.2 Å². The van der Waals surface area contributed by atoms with Crippen molar-refractivity contribution in [3.05, 3.63) is 58.1 Å². The fraction of sp³-hybridized carbons (Fsp3) is 0.0667. The average Bonchev–Trinajstić information content (AvgIpc) is 2.49. The third-order valence-electron chi connectivity index (χ3n) is 3.18. The zero-order valence-corrected chi connectivity index (χ0v) is 11.3. The van der Waals surface area contributed by atoms with Gasteiger partial charge in [-0.15, -0.1) is 0 Å². The fourth-order valence-corrected chi connectivity index (χ4v) is 2.08. The van der Waals surface area contributed by atoms with Crippen LogP contribution >= 0.6 is 0 Å². The van der Waals surface area contributed by atoms with Gasteiger partial charge in [0.2, 0.25) is 0 Å². The van der Waals surface area contributed by atoms with E-state index in [1.165, 1.54) is 19.2 Å². The molecule has 7 heteroatoms. The van der Waals surface area contributed by atoms with E-state index in [0.717, 1.165) is 18.2 Å². The van der Waals surface area contributed by atoms with E-state index < -0.39 is 23.0 Å². The van der Waals surface area contributed by atoms with Gasteiger partial charge in [0.05, 0.1) is 23.6 Å². The lowest BCUT2D eigenvalue weighted by Gasteiger charge is -2.06. The summed E-state index contributed by atoms with van der Waals surface area (Å²) in [7, 11) is 1.39. The number of nitrogens with zero attached hydrogens (tertiary/aromatic N) is 1. The van der Waals surface area contributed by atoms with E-state index in [4.69, 9.17) is 4.74 Å². The summed E-state index contributed by atoms with van der Waals surface area (Å²) in [5.41, 5.74) is -0.730. The number of benzene rings is 2. The first kappa shape index (κ1) is 14.1. The molecule has 22 heavy (non-hydrogen) atoms. The molecule has 1 heterocycles. The fourth-order valence-electron chi connectivity index (χ4n) is 2.08. The van der Waals surface area contributed by atoms with E-state index in [1.807, 2.05) is 0 Å². The quantitative estimate of drug-likeness (QED) is 0.792. The molecule has 0 saturated heterocycles. The third kappa shape index (κ3) is 2.30. The zero-order valence-electron chi connectivity index (χ0n) is 11.3. The van der Waals surface area contributed by atoms with E-state index >= 15 is 0 Å². The summed E-state index contributed by atoms with van der Waals surface area (Å²) in [6.45, 7) is 0. The van der Waals surface area contributed by atoms with Gasteiger partial charge in [-0.2, -0.15) is 0 Å². The molecule has 0 aliphatic carbocycles. The minimum Gasteiger partial charge on any atom is -0.497 e. The van der Waals surface area contributed by atoms with Crippen LogP contribution in [-0.4, -0.2) is 17.1 Å². The lowest BCUT2D eigenvalue weighted by Crippen LogP contribution is -2.11. The van der Waals surface area contributed by atoms with E-state index in [0.29, 0.717) is 5.75 Å². The molecule has 2 aromatic carbocycles. The number of aromatic amines is 1. The van der Waals surface area contributed by atoms with Crippen LogP contribution in [-0.2, 0) is 0 Å². The maximum Gasteiger partial charge on any atom is 0.259 e. The van der Waals surface area contributed by atoms with Crippen molar-refractivity contribution in [2.24, 2.45) is 0 Å². The van der Waals surface area contributed by atoms with Crippen LogP contribution < -0.4 is 10.3 Å². The maximum atomic E-state index is 14.0. The van der Waals surface area contributed by atoms with Crippen LogP contribution in [0.3, 0.4) is 0 Å². The number of nitrogens with one attached hydrogen (secondary N) is 1. The van der Waals surface area contributed by atoms with Crippen LogP contribution in [0.15, 0.2) is 35.1 Å². The molecule has 0 radical (unpaired) electrons. The van der Waals surface area contributed by atoms with E-state index in [-0.39, 0.29) is 22.3 Å². The number of hydrogen-bond acceptors (Lipinski definition) is 3. The van der Waals surface area contributed by atoms with Crippen molar-refractivity contribution in [1.82, 2.24) is 9.97 Å². The van der Waals surface area contributed by atoms with Crippen LogP contribution in [0, 0.1) is 17.5 Å². The van der Waals surface area contributed by atoms with Gasteiger partial charge in [0, 0.05) is 12.1 Å². The van der Waals surface area contributed by atoms with Crippen molar-refractivity contribution >= 4 is 10.9 Å². The van der Waals surface area contributed by atoms with Crippen LogP contribution in [0.4, 0.5) is 13.2 Å². The van der Waals surface area contributed by atoms with Crippen molar-refractivity contribution in [2.45, 2.75) is 0 Å². The molecule has 1 N–H and O–H groups in total. The Morgan fingerprint density at radius 2 is 1.77 bits per heavy atom. The second-order valence-corrected chi connectivity index (χ2v) is 4.54. The topological polar surface area (TPSA) is 55.0 Å². The molecule has 4 nitrogen and oxygen atoms in total. The van der Waals surface area contributed by atoms with Crippen molar-refractivity contribution in [3.63, 3.8) is 0 Å². The molecule has 0 saturated carbocycles. The molecule has 0 aliphatic rings. The largest absolute Gasteiger partial charge is 0.497 e. The molecular weight excluding hydrogens is 297 g/mol. The maximum absolute atomic E-state index is 14.0. The minimum atomic E-state index is -1.15. The van der Waals surface area contributed by atoms with Crippen molar-refractivity contribution in [3.8, 4) is 17.1 Å². The van der Waals surface area contributed by atoms with Crippen molar-refractivity contribution in [2.75, 3.05) is 7.11 Å². The Morgan fingerprint density at radius 1 is 1.05 bits per heavy atom. The summed E-state index contributed by atoms with van der Waals surface area (Å²) in [4.78, 5) is 18.3. The van der Waals surface area contributed by atoms with E-state index in [1.54, 1.807) is 0 Å². The minimum absolute atomic E-state index is 0.0181. The summed E-state index contributed by atoms with van der Waals surface area (Å²) in [6, 6.07) is 5.55. The van der Waals surface area contributed by atoms with Gasteiger partial charge in [0.25, 0.3) is 5.56 Å². The molecule has 0 fully saturated rings. The summed E-state index contributed by atoms with van der Waals surface area (Å²) < 4.78 is 45.4. The molecule has 0 spiro atoms.